The molecule has 21 heavy (non-hydrogen) atoms. The van der Waals surface area contributed by atoms with Crippen molar-refractivity contribution < 1.29 is 4.79 Å². The van der Waals surface area contributed by atoms with E-state index in [0.717, 1.165) is 10.7 Å². The van der Waals surface area contributed by atoms with Crippen LogP contribution < -0.4 is 10.6 Å². The molecule has 1 unspecified atom stereocenters. The molecule has 0 radical (unpaired) electrons. The van der Waals surface area contributed by atoms with Crippen LogP contribution >= 0.6 is 11.3 Å². The van der Waals surface area contributed by atoms with E-state index >= 15 is 0 Å². The Kier molecular flexibility index (Phi) is 4.90. The van der Waals surface area contributed by atoms with Crippen LogP contribution in [-0.2, 0) is 4.79 Å². The van der Waals surface area contributed by atoms with Gasteiger partial charge in [0, 0.05) is 5.69 Å². The number of hydrogen-bond acceptors (Lipinski definition) is 5. The molecule has 6 heteroatoms. The summed E-state index contributed by atoms with van der Waals surface area (Å²) in [4.78, 5) is 12.3. The number of anilines is 2. The number of aromatic nitrogens is 2. The molecule has 0 aliphatic carbocycles. The lowest BCUT2D eigenvalue weighted by molar-refractivity contribution is -0.117. The maximum Gasteiger partial charge on any atom is 0.248 e. The van der Waals surface area contributed by atoms with E-state index in [2.05, 4.69) is 26.9 Å². The molecule has 2 rings (SSSR count). The van der Waals surface area contributed by atoms with Gasteiger partial charge >= 0.3 is 0 Å². The first-order valence-corrected chi connectivity index (χ1v) is 7.75. The Morgan fingerprint density at radius 1 is 1.19 bits per heavy atom. The topological polar surface area (TPSA) is 66.9 Å². The highest BCUT2D eigenvalue weighted by atomic mass is 32.1. The van der Waals surface area contributed by atoms with Crippen molar-refractivity contribution in [2.75, 3.05) is 10.6 Å². The van der Waals surface area contributed by atoms with Crippen molar-refractivity contribution in [2.24, 2.45) is 0 Å². The Labute approximate surface area is 128 Å². The number of hydrogen-bond donors (Lipinski definition) is 2. The highest BCUT2D eigenvalue weighted by molar-refractivity contribution is 7.15. The smallest absolute Gasteiger partial charge is 0.248 e. The molecule has 0 aliphatic heterocycles. The van der Waals surface area contributed by atoms with Crippen LogP contribution in [0.3, 0.4) is 0 Å². The van der Waals surface area contributed by atoms with Crippen LogP contribution in [0.25, 0.3) is 0 Å². The Bertz CT molecular complexity index is 618. The zero-order valence-electron chi connectivity index (χ0n) is 12.7. The lowest BCUT2D eigenvalue weighted by Gasteiger charge is -2.17. The molecule has 0 aliphatic rings. The third-order valence-electron chi connectivity index (χ3n) is 3.04. The third-order valence-corrected chi connectivity index (χ3v) is 3.80. The number of rotatable bonds is 5. The minimum Gasteiger partial charge on any atom is -0.374 e. The molecule has 2 N–H and O–H groups in total. The van der Waals surface area contributed by atoms with Crippen LogP contribution in [0.15, 0.2) is 18.2 Å². The Morgan fingerprint density at radius 2 is 1.86 bits per heavy atom. The first kappa shape index (κ1) is 15.4. The van der Waals surface area contributed by atoms with Crippen molar-refractivity contribution in [2.45, 2.75) is 40.2 Å². The van der Waals surface area contributed by atoms with E-state index in [4.69, 9.17) is 0 Å². The summed E-state index contributed by atoms with van der Waals surface area (Å²) in [5.41, 5.74) is 3.31. The molecule has 1 aromatic heterocycles. The van der Waals surface area contributed by atoms with E-state index < -0.39 is 0 Å². The van der Waals surface area contributed by atoms with Gasteiger partial charge in [0.2, 0.25) is 11.0 Å². The number of carbonyl (C=O) groups excluding carboxylic acids is 1. The van der Waals surface area contributed by atoms with Crippen LogP contribution in [0.1, 0.15) is 29.5 Å². The second-order valence-electron chi connectivity index (χ2n) is 5.10. The van der Waals surface area contributed by atoms with E-state index in [9.17, 15) is 4.79 Å². The number of aryl methyl sites for hydroxylation is 3. The molecule has 0 bridgehead atoms. The molecule has 0 spiro atoms. The molecule has 5 nitrogen and oxygen atoms in total. The van der Waals surface area contributed by atoms with Crippen LogP contribution in [0.4, 0.5) is 10.8 Å². The third kappa shape index (κ3) is 4.26. The van der Waals surface area contributed by atoms with E-state index in [0.29, 0.717) is 11.6 Å². The van der Waals surface area contributed by atoms with Crippen molar-refractivity contribution in [3.05, 3.63) is 34.3 Å². The van der Waals surface area contributed by atoms with Gasteiger partial charge in [-0.1, -0.05) is 24.3 Å². The average molecular weight is 304 g/mol. The number of benzene rings is 1. The quantitative estimate of drug-likeness (QED) is 0.889. The number of nitrogens with zero attached hydrogens (tertiary/aromatic N) is 2. The van der Waals surface area contributed by atoms with Crippen molar-refractivity contribution in [3.63, 3.8) is 0 Å². The predicted molar refractivity (Wildman–Crippen MR) is 86.9 cm³/mol. The van der Waals surface area contributed by atoms with Crippen molar-refractivity contribution in [1.82, 2.24) is 10.2 Å². The zero-order valence-corrected chi connectivity index (χ0v) is 13.5. The number of amides is 1. The second kappa shape index (κ2) is 6.67. The first-order chi connectivity index (χ1) is 9.97. The van der Waals surface area contributed by atoms with E-state index in [-0.39, 0.29) is 11.9 Å². The van der Waals surface area contributed by atoms with Crippen molar-refractivity contribution in [1.29, 1.82) is 0 Å². The van der Waals surface area contributed by atoms with Crippen molar-refractivity contribution in [3.8, 4) is 0 Å². The van der Waals surface area contributed by atoms with E-state index in [1.807, 2.05) is 39.8 Å². The number of carbonyl (C=O) groups is 1. The normalized spacial score (nSPS) is 12.0. The fraction of sp³-hybridized carbons (Fsp3) is 0.400. The standard InChI is InChI=1S/C15H20N4OS/c1-5-13(14(20)17-15-19-18-11(4)21-15)16-12-7-9(2)6-10(3)8-12/h6-8,13,16H,5H2,1-4H3,(H,17,19,20). The Hall–Kier alpha value is -1.95. The zero-order chi connectivity index (χ0) is 15.4. The summed E-state index contributed by atoms with van der Waals surface area (Å²) in [6, 6.07) is 5.89. The molecule has 0 saturated heterocycles. The predicted octanol–water partition coefficient (Wildman–Crippen LogP) is 3.29. The van der Waals surface area contributed by atoms with Gasteiger partial charge in [0.25, 0.3) is 0 Å². The molecule has 1 aromatic carbocycles. The Balaban J connectivity index is 2.06. The van der Waals surface area contributed by atoms with Crippen LogP contribution in [-0.4, -0.2) is 22.1 Å². The molecule has 0 saturated carbocycles. The lowest BCUT2D eigenvalue weighted by Crippen LogP contribution is -2.34. The summed E-state index contributed by atoms with van der Waals surface area (Å²) in [6.45, 7) is 7.93. The van der Waals surface area contributed by atoms with Gasteiger partial charge in [-0.2, -0.15) is 0 Å². The van der Waals surface area contributed by atoms with Gasteiger partial charge in [-0.25, -0.2) is 0 Å². The lowest BCUT2D eigenvalue weighted by atomic mass is 10.1. The van der Waals surface area contributed by atoms with Gasteiger partial charge in [0.05, 0.1) is 0 Å². The first-order valence-electron chi connectivity index (χ1n) is 6.93. The molecule has 2 aromatic rings. The molecule has 112 valence electrons. The van der Waals surface area contributed by atoms with Crippen molar-refractivity contribution >= 4 is 28.1 Å². The van der Waals surface area contributed by atoms with Gasteiger partial charge in [-0.3, -0.25) is 10.1 Å². The van der Waals surface area contributed by atoms with E-state index in [1.165, 1.54) is 22.5 Å². The van der Waals surface area contributed by atoms with Crippen LogP contribution in [0, 0.1) is 20.8 Å². The minimum absolute atomic E-state index is 0.0900. The fourth-order valence-electron chi connectivity index (χ4n) is 2.15. The van der Waals surface area contributed by atoms with Gasteiger partial charge in [0.15, 0.2) is 0 Å². The highest BCUT2D eigenvalue weighted by Crippen LogP contribution is 2.18. The monoisotopic (exact) mass is 304 g/mol. The van der Waals surface area contributed by atoms with E-state index in [1.54, 1.807) is 0 Å². The molecular weight excluding hydrogens is 284 g/mol. The molecule has 0 fully saturated rings. The van der Waals surface area contributed by atoms with Crippen LogP contribution in [0.2, 0.25) is 0 Å². The highest BCUT2D eigenvalue weighted by Gasteiger charge is 2.18. The maximum absolute atomic E-state index is 12.3. The summed E-state index contributed by atoms with van der Waals surface area (Å²) in [5, 5.41) is 15.3. The molecule has 1 atom stereocenters. The largest absolute Gasteiger partial charge is 0.374 e. The summed E-state index contributed by atoms with van der Waals surface area (Å²) in [5.74, 6) is -0.0900. The SMILES string of the molecule is CCC(Nc1cc(C)cc(C)c1)C(=O)Nc1nnc(C)s1. The average Bonchev–Trinajstić information content (AvgIpc) is 2.80. The molecular formula is C15H20N4OS. The number of nitrogens with one attached hydrogen (secondary N) is 2. The summed E-state index contributed by atoms with van der Waals surface area (Å²) < 4.78 is 0. The fourth-order valence-corrected chi connectivity index (χ4v) is 2.75. The minimum atomic E-state index is -0.296. The molecule has 1 amide bonds. The summed E-state index contributed by atoms with van der Waals surface area (Å²) >= 11 is 1.37. The summed E-state index contributed by atoms with van der Waals surface area (Å²) in [6.07, 6.45) is 0.691. The van der Waals surface area contributed by atoms with Gasteiger partial charge in [0.1, 0.15) is 11.0 Å². The Morgan fingerprint density at radius 3 is 2.38 bits per heavy atom. The molecule has 1 heterocycles. The second-order valence-corrected chi connectivity index (χ2v) is 6.28. The van der Waals surface area contributed by atoms with Crippen LogP contribution in [0.5, 0.6) is 0 Å². The summed E-state index contributed by atoms with van der Waals surface area (Å²) in [7, 11) is 0. The van der Waals surface area contributed by atoms with Gasteiger partial charge in [-0.05, 0) is 50.5 Å². The maximum atomic E-state index is 12.3. The van der Waals surface area contributed by atoms with Gasteiger partial charge < -0.3 is 5.32 Å². The van der Waals surface area contributed by atoms with Gasteiger partial charge in [-0.15, -0.1) is 10.2 Å².